The van der Waals surface area contributed by atoms with E-state index in [1.165, 1.54) is 60.8 Å². The van der Waals surface area contributed by atoms with Gasteiger partial charge in [-0.05, 0) is 6.92 Å². The Morgan fingerprint density at radius 2 is 1.13 bits per heavy atom. The zero-order chi connectivity index (χ0) is 23.3. The maximum absolute atomic E-state index is 2.32. The molecule has 0 spiro atoms. The van der Waals surface area contributed by atoms with Crippen molar-refractivity contribution in [1.82, 2.24) is 0 Å². The molecule has 0 aromatic heterocycles. The minimum atomic E-state index is 0.210. The van der Waals surface area contributed by atoms with Gasteiger partial charge in [-0.25, -0.2) is 0 Å². The predicted molar refractivity (Wildman–Crippen MR) is 138 cm³/mol. The van der Waals surface area contributed by atoms with Crippen LogP contribution in [0, 0.1) is 48.5 Å². The van der Waals surface area contributed by atoms with E-state index in [1.54, 1.807) is 23.3 Å². The molecule has 0 aliphatic heterocycles. The quantitative estimate of drug-likeness (QED) is 0.180. The summed E-state index contributed by atoms with van der Waals surface area (Å²) >= 11 is 1.74. The molecule has 4 aromatic carbocycles. The van der Waals surface area contributed by atoms with Crippen molar-refractivity contribution in [2.75, 3.05) is 0 Å². The summed E-state index contributed by atoms with van der Waals surface area (Å²) in [5, 5.41) is 2.81. The Bertz CT molecular complexity index is 1150. The number of hydrogen-bond donors (Lipinski definition) is 0. The number of fused-ring (bicyclic) bond motifs is 1. The van der Waals surface area contributed by atoms with Crippen molar-refractivity contribution < 1.29 is 23.3 Å². The summed E-state index contributed by atoms with van der Waals surface area (Å²) in [6, 6.07) is 19.7. The Balaban J connectivity index is 0.000000220. The van der Waals surface area contributed by atoms with Crippen LogP contribution in [-0.2, 0) is 23.3 Å². The molecule has 0 nitrogen and oxygen atoms in total. The van der Waals surface area contributed by atoms with Gasteiger partial charge in [0.15, 0.2) is 0 Å². The van der Waals surface area contributed by atoms with E-state index in [0.29, 0.717) is 0 Å². The van der Waals surface area contributed by atoms with Crippen LogP contribution >= 0.6 is 0 Å². The molecule has 0 radical (unpaired) electrons. The monoisotopic (exact) mass is 502 g/mol. The van der Waals surface area contributed by atoms with Crippen molar-refractivity contribution in [2.45, 2.75) is 61.6 Å². The third-order valence-corrected chi connectivity index (χ3v) is 5.92. The summed E-state index contributed by atoms with van der Waals surface area (Å²) in [4.78, 5) is 0. The minimum Gasteiger partial charge on any atom is -0.196 e. The van der Waals surface area contributed by atoms with Crippen LogP contribution in [0.15, 0.2) is 54.6 Å². The third-order valence-electron chi connectivity index (χ3n) is 5.92. The van der Waals surface area contributed by atoms with Crippen LogP contribution in [0.4, 0.5) is 0 Å². The topological polar surface area (TPSA) is 0 Å². The summed E-state index contributed by atoms with van der Waals surface area (Å²) in [5.41, 5.74) is 12.8. The molecule has 0 N–H and O–H groups in total. The van der Waals surface area contributed by atoms with Crippen LogP contribution in [0.5, 0.6) is 0 Å². The summed E-state index contributed by atoms with van der Waals surface area (Å²) in [7, 11) is 0. The summed E-state index contributed by atoms with van der Waals surface area (Å²) < 4.78 is 0. The van der Waals surface area contributed by atoms with Gasteiger partial charge in [-0.2, -0.15) is 28.3 Å². The molecule has 0 unspecified atom stereocenters. The molecule has 0 fully saturated rings. The molecule has 0 atom stereocenters. The van der Waals surface area contributed by atoms with Gasteiger partial charge in [-0.1, -0.05) is 89.1 Å². The molecule has 0 aliphatic rings. The van der Waals surface area contributed by atoms with Crippen molar-refractivity contribution in [3.8, 4) is 11.1 Å². The summed E-state index contributed by atoms with van der Waals surface area (Å²) in [6.45, 7) is 19.9. The van der Waals surface area contributed by atoms with Gasteiger partial charge in [0.05, 0.1) is 0 Å². The molecular formula is C29H36SiZr. The third kappa shape index (κ3) is 6.50. The van der Waals surface area contributed by atoms with E-state index in [4.69, 9.17) is 0 Å². The van der Waals surface area contributed by atoms with Gasteiger partial charge in [0.2, 0.25) is 0 Å². The second kappa shape index (κ2) is 11.4. The average Bonchev–Trinajstić information content (AvgIpc) is 3.18. The Hall–Kier alpha value is -1.50. The molecular weight excluding hydrogens is 468 g/mol. The van der Waals surface area contributed by atoms with E-state index in [0.717, 1.165) is 0 Å². The van der Waals surface area contributed by atoms with Crippen LogP contribution in [0.1, 0.15) is 38.9 Å². The SMILES string of the molecule is C[Si](C)=[Zr+2].Cc1[cH-]c(C)c(C)c1C.Cc1[cH-]c2c(C)ccc(C)c2c1-c1ccccc1. The van der Waals surface area contributed by atoms with Gasteiger partial charge < -0.3 is 0 Å². The zero-order valence-corrected chi connectivity index (χ0v) is 24.2. The van der Waals surface area contributed by atoms with Crippen LogP contribution in [0.2, 0.25) is 13.1 Å². The Morgan fingerprint density at radius 1 is 0.645 bits per heavy atom. The van der Waals surface area contributed by atoms with Crippen LogP contribution in [0.25, 0.3) is 21.9 Å². The fourth-order valence-electron chi connectivity index (χ4n) is 3.95. The number of hydrogen-bond acceptors (Lipinski definition) is 0. The van der Waals surface area contributed by atoms with Gasteiger partial charge in [0, 0.05) is 0 Å². The van der Waals surface area contributed by atoms with Gasteiger partial charge >= 0.3 is 41.9 Å². The Morgan fingerprint density at radius 3 is 1.58 bits per heavy atom. The first-order valence-corrected chi connectivity index (χ1v) is 17.2. The van der Waals surface area contributed by atoms with E-state index < -0.39 is 0 Å². The molecule has 160 valence electrons. The summed E-state index contributed by atoms with van der Waals surface area (Å²) in [6.07, 6.45) is 0. The van der Waals surface area contributed by atoms with Crippen LogP contribution < -0.4 is 0 Å². The molecule has 0 aliphatic carbocycles. The van der Waals surface area contributed by atoms with Gasteiger partial charge in [-0.15, -0.1) is 39.6 Å². The second-order valence-corrected chi connectivity index (χ2v) is 18.2. The fraction of sp³-hybridized carbons (Fsp3) is 0.310. The first-order chi connectivity index (χ1) is 14.5. The van der Waals surface area contributed by atoms with E-state index in [2.05, 4.69) is 116 Å². The summed E-state index contributed by atoms with van der Waals surface area (Å²) in [5.74, 6) is 0. The molecule has 0 saturated carbocycles. The van der Waals surface area contributed by atoms with Crippen molar-refractivity contribution in [2.24, 2.45) is 0 Å². The number of rotatable bonds is 1. The molecule has 4 aromatic rings. The van der Waals surface area contributed by atoms with E-state index >= 15 is 0 Å². The van der Waals surface area contributed by atoms with Crippen molar-refractivity contribution in [3.05, 3.63) is 93.5 Å². The standard InChI is InChI=1S/C18H17.C9H13.C2H6Si.Zr/c1-12-9-10-13(2)18-16(12)11-14(3)17(18)15-7-5-4-6-8-15;1-6-5-7(2)9(4)8(6)3;1-3-2;/h4-11H,1-3H3;5H,1-4H3;1-2H3;/q2*-1;;+2. The van der Waals surface area contributed by atoms with Crippen molar-refractivity contribution in [3.63, 3.8) is 0 Å². The first-order valence-electron chi connectivity index (χ1n) is 11.0. The predicted octanol–water partition coefficient (Wildman–Crippen LogP) is 8.57. The van der Waals surface area contributed by atoms with Gasteiger partial charge in [0.1, 0.15) is 0 Å². The van der Waals surface area contributed by atoms with E-state index in [-0.39, 0.29) is 5.43 Å². The van der Waals surface area contributed by atoms with Gasteiger partial charge in [0.25, 0.3) is 0 Å². The van der Waals surface area contributed by atoms with Crippen molar-refractivity contribution in [1.29, 1.82) is 0 Å². The maximum atomic E-state index is 2.32. The normalized spacial score (nSPS) is 10.3. The van der Waals surface area contributed by atoms with E-state index in [1.807, 2.05) is 0 Å². The van der Waals surface area contributed by atoms with Crippen LogP contribution in [0.3, 0.4) is 0 Å². The molecule has 4 rings (SSSR count). The van der Waals surface area contributed by atoms with Crippen LogP contribution in [-0.4, -0.2) is 5.43 Å². The smallest absolute Gasteiger partial charge is 0.0487 e. The Labute approximate surface area is 204 Å². The van der Waals surface area contributed by atoms with Gasteiger partial charge in [-0.3, -0.25) is 0 Å². The molecule has 0 heterocycles. The average molecular weight is 504 g/mol. The second-order valence-electron chi connectivity index (χ2n) is 8.82. The molecule has 31 heavy (non-hydrogen) atoms. The Kier molecular flexibility index (Phi) is 9.46. The first kappa shape index (κ1) is 25.8. The maximum Gasteiger partial charge on any atom is -0.0487 e. The molecule has 2 heteroatoms. The molecule has 0 amide bonds. The number of benzene rings is 2. The zero-order valence-electron chi connectivity index (χ0n) is 20.7. The minimum absolute atomic E-state index is 0.210. The largest absolute Gasteiger partial charge is 0.196 e. The van der Waals surface area contributed by atoms with E-state index in [9.17, 15) is 0 Å². The number of aryl methyl sites for hydroxylation is 5. The molecule has 0 saturated heterocycles. The van der Waals surface area contributed by atoms with Crippen molar-refractivity contribution >= 4 is 16.2 Å². The fourth-order valence-corrected chi connectivity index (χ4v) is 3.95. The molecule has 0 bridgehead atoms.